The third kappa shape index (κ3) is 10.1. The number of amides is 1. The smallest absolute Gasteiger partial charge is 0.221 e. The minimum Gasteiger partial charge on any atom is -0.357 e. The van der Waals surface area contributed by atoms with E-state index in [9.17, 15) is 13.2 Å². The van der Waals surface area contributed by atoms with Crippen molar-refractivity contribution in [1.29, 1.82) is 0 Å². The highest BCUT2D eigenvalue weighted by atomic mass is 127. The lowest BCUT2D eigenvalue weighted by Crippen LogP contribution is -2.38. The van der Waals surface area contributed by atoms with E-state index in [0.717, 1.165) is 43.1 Å². The number of benzene rings is 2. The van der Waals surface area contributed by atoms with E-state index in [1.165, 1.54) is 18.7 Å². The molecule has 2 aromatic carbocycles. The summed E-state index contributed by atoms with van der Waals surface area (Å²) in [5, 5.41) is 9.30. The van der Waals surface area contributed by atoms with Crippen LogP contribution in [-0.4, -0.2) is 46.2 Å². The second-order valence-electron chi connectivity index (χ2n) is 6.98. The van der Waals surface area contributed by atoms with Crippen molar-refractivity contribution in [3.8, 4) is 0 Å². The van der Waals surface area contributed by atoms with Crippen LogP contribution in [0, 0.1) is 0 Å². The topological polar surface area (TPSA) is 99.7 Å². The number of nitrogens with one attached hydrogen (secondary N) is 3. The summed E-state index contributed by atoms with van der Waals surface area (Å²) in [7, 11) is -3.17. The number of nitrogens with zero attached hydrogens (tertiary/aromatic N) is 1. The summed E-state index contributed by atoms with van der Waals surface area (Å²) >= 11 is 0. The van der Waals surface area contributed by atoms with Crippen LogP contribution < -0.4 is 16.0 Å². The van der Waals surface area contributed by atoms with E-state index in [1.54, 1.807) is 12.1 Å². The van der Waals surface area contributed by atoms with Crippen LogP contribution in [0.5, 0.6) is 0 Å². The molecule has 0 bridgehead atoms. The summed E-state index contributed by atoms with van der Waals surface area (Å²) in [6.07, 6.45) is 2.76. The Labute approximate surface area is 202 Å². The van der Waals surface area contributed by atoms with Crippen LogP contribution in [0.15, 0.2) is 58.4 Å². The molecule has 0 aliphatic heterocycles. The van der Waals surface area contributed by atoms with Gasteiger partial charge in [-0.05, 0) is 55.2 Å². The molecule has 170 valence electrons. The van der Waals surface area contributed by atoms with Gasteiger partial charge in [-0.3, -0.25) is 9.79 Å². The Morgan fingerprint density at radius 2 is 1.52 bits per heavy atom. The zero-order chi connectivity index (χ0) is 22.0. The fourth-order valence-electron chi connectivity index (χ4n) is 2.83. The van der Waals surface area contributed by atoms with Crippen molar-refractivity contribution in [2.24, 2.45) is 4.99 Å². The Morgan fingerprint density at radius 1 is 0.935 bits per heavy atom. The number of aliphatic imine (C=N–C) groups is 1. The molecule has 0 atom stereocenters. The minimum absolute atomic E-state index is 0. The second-order valence-corrected chi connectivity index (χ2v) is 9.00. The van der Waals surface area contributed by atoms with Crippen molar-refractivity contribution in [2.45, 2.75) is 31.6 Å². The molecule has 0 aliphatic rings. The van der Waals surface area contributed by atoms with Gasteiger partial charge < -0.3 is 16.0 Å². The summed E-state index contributed by atoms with van der Waals surface area (Å²) in [5.41, 5.74) is 3.00. The molecule has 0 unspecified atom stereocenters. The number of hydrogen-bond acceptors (Lipinski definition) is 4. The quantitative estimate of drug-likeness (QED) is 0.250. The fourth-order valence-corrected chi connectivity index (χ4v) is 3.46. The lowest BCUT2D eigenvalue weighted by atomic mass is 10.1. The predicted octanol–water partition coefficient (Wildman–Crippen LogP) is 3.01. The van der Waals surface area contributed by atoms with Gasteiger partial charge in [0.15, 0.2) is 15.8 Å². The van der Waals surface area contributed by atoms with Crippen LogP contribution in [0.2, 0.25) is 0 Å². The highest BCUT2D eigenvalue weighted by Crippen LogP contribution is 2.11. The third-order valence-corrected chi connectivity index (χ3v) is 5.48. The van der Waals surface area contributed by atoms with Crippen LogP contribution in [-0.2, 0) is 27.5 Å². The van der Waals surface area contributed by atoms with Crippen molar-refractivity contribution in [3.05, 3.63) is 59.7 Å². The van der Waals surface area contributed by atoms with Crippen molar-refractivity contribution < 1.29 is 13.2 Å². The first kappa shape index (κ1) is 26.9. The van der Waals surface area contributed by atoms with Gasteiger partial charge in [-0.25, -0.2) is 8.42 Å². The van der Waals surface area contributed by atoms with E-state index in [0.29, 0.717) is 11.4 Å². The minimum atomic E-state index is -3.17. The molecule has 0 aliphatic carbocycles. The molecule has 9 heteroatoms. The van der Waals surface area contributed by atoms with E-state index in [4.69, 9.17) is 0 Å². The Kier molecular flexibility index (Phi) is 11.5. The SMILES string of the molecule is CCNC(=NCCc1ccc(S(C)(=O)=O)cc1)NCCc1ccc(NC(C)=O)cc1.I. The van der Waals surface area contributed by atoms with Crippen LogP contribution >= 0.6 is 24.0 Å². The highest BCUT2D eigenvalue weighted by Gasteiger charge is 2.06. The average molecular weight is 558 g/mol. The Hall–Kier alpha value is -2.14. The number of anilines is 1. The molecule has 3 N–H and O–H groups in total. The average Bonchev–Trinajstić information content (AvgIpc) is 2.68. The van der Waals surface area contributed by atoms with Crippen LogP contribution in [0.3, 0.4) is 0 Å². The molecule has 2 rings (SSSR count). The normalized spacial score (nSPS) is 11.4. The Bertz CT molecular complexity index is 959. The van der Waals surface area contributed by atoms with E-state index >= 15 is 0 Å². The molecule has 0 heterocycles. The van der Waals surface area contributed by atoms with Gasteiger partial charge in [0.2, 0.25) is 5.91 Å². The molecule has 2 aromatic rings. The highest BCUT2D eigenvalue weighted by molar-refractivity contribution is 14.0. The van der Waals surface area contributed by atoms with Gasteiger partial charge in [-0.2, -0.15) is 0 Å². The zero-order valence-electron chi connectivity index (χ0n) is 18.1. The molecular formula is C22H31IN4O3S. The summed E-state index contributed by atoms with van der Waals surface area (Å²) < 4.78 is 23.1. The maximum Gasteiger partial charge on any atom is 0.221 e. The number of halogens is 1. The number of carbonyl (C=O) groups is 1. The molecule has 31 heavy (non-hydrogen) atoms. The Balaban J connectivity index is 0.00000480. The first-order valence-electron chi connectivity index (χ1n) is 9.95. The summed E-state index contributed by atoms with van der Waals surface area (Å²) in [4.78, 5) is 16.0. The molecule has 0 fully saturated rings. The first-order valence-corrected chi connectivity index (χ1v) is 11.8. The standard InChI is InChI=1S/C22H30N4O3S.HI/c1-4-23-22(24-15-13-18-5-9-20(10-6-18)26-17(2)27)25-16-14-19-7-11-21(12-8-19)30(3,28)29;/h5-12H,4,13-16H2,1-3H3,(H,26,27)(H2,23,24,25);1H. The largest absolute Gasteiger partial charge is 0.357 e. The van der Waals surface area contributed by atoms with Gasteiger partial charge in [0, 0.05) is 38.5 Å². The third-order valence-electron chi connectivity index (χ3n) is 4.35. The van der Waals surface area contributed by atoms with Crippen LogP contribution in [0.4, 0.5) is 5.69 Å². The monoisotopic (exact) mass is 558 g/mol. The maximum absolute atomic E-state index is 11.5. The van der Waals surface area contributed by atoms with Gasteiger partial charge in [0.05, 0.1) is 4.90 Å². The van der Waals surface area contributed by atoms with Crippen molar-refractivity contribution in [3.63, 3.8) is 0 Å². The van der Waals surface area contributed by atoms with E-state index in [2.05, 4.69) is 20.9 Å². The molecule has 1 amide bonds. The predicted molar refractivity (Wildman–Crippen MR) is 137 cm³/mol. The number of sulfone groups is 1. The van der Waals surface area contributed by atoms with E-state index in [1.807, 2.05) is 43.3 Å². The number of rotatable bonds is 9. The summed E-state index contributed by atoms with van der Waals surface area (Å²) in [6.45, 7) is 5.60. The Morgan fingerprint density at radius 3 is 2.06 bits per heavy atom. The van der Waals surface area contributed by atoms with Crippen molar-refractivity contribution in [2.75, 3.05) is 31.2 Å². The molecule has 0 aromatic heterocycles. The van der Waals surface area contributed by atoms with Gasteiger partial charge >= 0.3 is 0 Å². The maximum atomic E-state index is 11.5. The lowest BCUT2D eigenvalue weighted by molar-refractivity contribution is -0.114. The van der Waals surface area contributed by atoms with Gasteiger partial charge in [-0.1, -0.05) is 24.3 Å². The molecule has 7 nitrogen and oxygen atoms in total. The van der Waals surface area contributed by atoms with E-state index < -0.39 is 9.84 Å². The fraction of sp³-hybridized carbons (Fsp3) is 0.364. The first-order chi connectivity index (χ1) is 14.3. The molecule has 0 radical (unpaired) electrons. The van der Waals surface area contributed by atoms with Crippen molar-refractivity contribution >= 4 is 51.4 Å². The summed E-state index contributed by atoms with van der Waals surface area (Å²) in [5.74, 6) is 0.669. The van der Waals surface area contributed by atoms with Gasteiger partial charge in [-0.15, -0.1) is 24.0 Å². The molecule has 0 spiro atoms. The molecular weight excluding hydrogens is 527 g/mol. The molecule has 0 saturated carbocycles. The zero-order valence-corrected chi connectivity index (χ0v) is 21.3. The molecule has 0 saturated heterocycles. The number of guanidine groups is 1. The summed E-state index contributed by atoms with van der Waals surface area (Å²) in [6, 6.07) is 14.7. The van der Waals surface area contributed by atoms with Crippen LogP contribution in [0.25, 0.3) is 0 Å². The number of hydrogen-bond donors (Lipinski definition) is 3. The van der Waals surface area contributed by atoms with Crippen molar-refractivity contribution in [1.82, 2.24) is 10.6 Å². The van der Waals surface area contributed by atoms with E-state index in [-0.39, 0.29) is 29.9 Å². The van der Waals surface area contributed by atoms with Gasteiger partial charge in [0.1, 0.15) is 0 Å². The lowest BCUT2D eigenvalue weighted by Gasteiger charge is -2.12. The second kappa shape index (κ2) is 13.3. The number of carbonyl (C=O) groups excluding carboxylic acids is 1. The van der Waals surface area contributed by atoms with Gasteiger partial charge in [0.25, 0.3) is 0 Å². The van der Waals surface area contributed by atoms with Crippen LogP contribution in [0.1, 0.15) is 25.0 Å².